The minimum atomic E-state index is -0.468. The molecule has 0 saturated heterocycles. The molecule has 7 heteroatoms. The lowest BCUT2D eigenvalue weighted by atomic mass is 10.1. The number of nitro groups is 1. The highest BCUT2D eigenvalue weighted by Gasteiger charge is 2.02. The van der Waals surface area contributed by atoms with Crippen LogP contribution in [0.4, 0.5) is 5.69 Å². The summed E-state index contributed by atoms with van der Waals surface area (Å²) in [4.78, 5) is 10.1. The van der Waals surface area contributed by atoms with Crippen molar-refractivity contribution in [2.45, 2.75) is 0 Å². The van der Waals surface area contributed by atoms with Crippen molar-refractivity contribution < 1.29 is 10.1 Å². The Bertz CT molecular complexity index is 722. The molecule has 0 heterocycles. The summed E-state index contributed by atoms with van der Waals surface area (Å²) in [5.74, 6) is 0. The van der Waals surface area contributed by atoms with Gasteiger partial charge in [-0.05, 0) is 17.7 Å². The third kappa shape index (κ3) is 4.07. The Morgan fingerprint density at radius 1 is 1.09 bits per heavy atom. The van der Waals surface area contributed by atoms with E-state index in [0.29, 0.717) is 11.3 Å². The fourth-order valence-corrected chi connectivity index (χ4v) is 1.66. The summed E-state index contributed by atoms with van der Waals surface area (Å²) in [5.41, 5.74) is 1.82. The minimum absolute atomic E-state index is 0.0121. The van der Waals surface area contributed by atoms with E-state index in [1.165, 1.54) is 24.6 Å². The van der Waals surface area contributed by atoms with Gasteiger partial charge in [-0.15, -0.1) is 5.10 Å². The Labute approximate surface area is 126 Å². The van der Waals surface area contributed by atoms with Crippen LogP contribution in [0, 0.1) is 10.1 Å². The molecule has 0 unspecified atom stereocenters. The molecule has 22 heavy (non-hydrogen) atoms. The van der Waals surface area contributed by atoms with Crippen LogP contribution < -0.4 is 0 Å². The molecule has 110 valence electrons. The van der Waals surface area contributed by atoms with Gasteiger partial charge in [-0.1, -0.05) is 35.5 Å². The number of hydrogen-bond acceptors (Lipinski definition) is 6. The molecule has 0 spiro atoms. The lowest BCUT2D eigenvalue weighted by molar-refractivity contribution is -0.384. The SMILES string of the molecule is O=[N+]([O-])c1ccc(/C=N/N=C(\C=N\O)c2ccccc2)cc1. The van der Waals surface area contributed by atoms with Crippen molar-refractivity contribution in [2.24, 2.45) is 15.4 Å². The molecule has 0 fully saturated rings. The van der Waals surface area contributed by atoms with E-state index >= 15 is 0 Å². The topological polar surface area (TPSA) is 100 Å². The standard InChI is InChI=1S/C15H12N4O3/c20-17-11-15(13-4-2-1-3-5-13)18-16-10-12-6-8-14(9-7-12)19(21)22/h1-11,20H/b16-10+,17-11+,18-15+. The zero-order chi connectivity index (χ0) is 15.8. The van der Waals surface area contributed by atoms with Crippen LogP contribution in [-0.2, 0) is 0 Å². The highest BCUT2D eigenvalue weighted by molar-refractivity contribution is 6.38. The summed E-state index contributed by atoms with van der Waals surface area (Å²) >= 11 is 0. The number of nitrogens with zero attached hydrogens (tertiary/aromatic N) is 4. The predicted octanol–water partition coefficient (Wildman–Crippen LogP) is 2.88. The zero-order valence-corrected chi connectivity index (χ0v) is 11.4. The lowest BCUT2D eigenvalue weighted by Gasteiger charge is -1.97. The highest BCUT2D eigenvalue weighted by atomic mass is 16.6. The monoisotopic (exact) mass is 296 g/mol. The lowest BCUT2D eigenvalue weighted by Crippen LogP contribution is -2.01. The Kier molecular flexibility index (Phi) is 5.09. The highest BCUT2D eigenvalue weighted by Crippen LogP contribution is 2.10. The molecule has 2 rings (SSSR count). The number of rotatable bonds is 5. The molecular formula is C15H12N4O3. The smallest absolute Gasteiger partial charge is 0.269 e. The third-order valence-electron chi connectivity index (χ3n) is 2.73. The van der Waals surface area contributed by atoms with Crippen molar-refractivity contribution in [1.29, 1.82) is 0 Å². The van der Waals surface area contributed by atoms with Crippen molar-refractivity contribution in [3.8, 4) is 0 Å². The molecular weight excluding hydrogens is 284 g/mol. The van der Waals surface area contributed by atoms with Gasteiger partial charge in [0.15, 0.2) is 0 Å². The van der Waals surface area contributed by atoms with Crippen LogP contribution in [0.2, 0.25) is 0 Å². The molecule has 0 atom stereocenters. The molecule has 2 aromatic rings. The van der Waals surface area contributed by atoms with Gasteiger partial charge in [-0.25, -0.2) is 0 Å². The normalized spacial score (nSPS) is 12.1. The maximum absolute atomic E-state index is 10.6. The number of non-ortho nitro benzene ring substituents is 1. The second-order valence-electron chi connectivity index (χ2n) is 4.19. The molecule has 0 aliphatic heterocycles. The summed E-state index contributed by atoms with van der Waals surface area (Å²) in [5, 5.41) is 30.1. The summed E-state index contributed by atoms with van der Waals surface area (Å²) in [6.45, 7) is 0. The first-order valence-electron chi connectivity index (χ1n) is 6.29. The molecule has 0 amide bonds. The molecule has 0 aromatic heterocycles. The molecule has 1 N–H and O–H groups in total. The van der Waals surface area contributed by atoms with Gasteiger partial charge in [0.25, 0.3) is 5.69 Å². The average Bonchev–Trinajstić information content (AvgIpc) is 2.55. The van der Waals surface area contributed by atoms with Gasteiger partial charge in [0, 0.05) is 17.7 Å². The van der Waals surface area contributed by atoms with Gasteiger partial charge in [-0.3, -0.25) is 10.1 Å². The summed E-state index contributed by atoms with van der Waals surface area (Å²) in [6, 6.07) is 15.0. The first-order valence-corrected chi connectivity index (χ1v) is 6.29. The van der Waals surface area contributed by atoms with Crippen LogP contribution in [0.25, 0.3) is 0 Å². The van der Waals surface area contributed by atoms with E-state index in [2.05, 4.69) is 15.4 Å². The zero-order valence-electron chi connectivity index (χ0n) is 11.4. The van der Waals surface area contributed by atoms with Crippen LogP contribution in [-0.4, -0.2) is 28.3 Å². The van der Waals surface area contributed by atoms with Gasteiger partial charge in [-0.2, -0.15) is 5.10 Å². The van der Waals surface area contributed by atoms with Gasteiger partial charge in [0.1, 0.15) is 5.71 Å². The molecule has 2 aromatic carbocycles. The van der Waals surface area contributed by atoms with E-state index in [-0.39, 0.29) is 5.69 Å². The Morgan fingerprint density at radius 3 is 2.36 bits per heavy atom. The Hall–Kier alpha value is -3.35. The molecule has 0 saturated carbocycles. The van der Waals surface area contributed by atoms with E-state index in [9.17, 15) is 10.1 Å². The minimum Gasteiger partial charge on any atom is -0.411 e. The van der Waals surface area contributed by atoms with Crippen molar-refractivity contribution in [2.75, 3.05) is 0 Å². The van der Waals surface area contributed by atoms with Crippen molar-refractivity contribution >= 4 is 23.8 Å². The van der Waals surface area contributed by atoms with E-state index in [0.717, 1.165) is 5.56 Å². The maximum atomic E-state index is 10.6. The second-order valence-corrected chi connectivity index (χ2v) is 4.19. The van der Waals surface area contributed by atoms with Crippen LogP contribution in [0.3, 0.4) is 0 Å². The number of oxime groups is 1. The largest absolute Gasteiger partial charge is 0.411 e. The molecule has 7 nitrogen and oxygen atoms in total. The molecule has 0 aliphatic rings. The van der Waals surface area contributed by atoms with Gasteiger partial charge >= 0.3 is 0 Å². The number of nitro benzene ring substituents is 1. The average molecular weight is 296 g/mol. The quantitative estimate of drug-likeness (QED) is 0.397. The van der Waals surface area contributed by atoms with Crippen LogP contribution >= 0.6 is 0 Å². The number of hydrogen-bond donors (Lipinski definition) is 1. The van der Waals surface area contributed by atoms with Crippen molar-refractivity contribution in [1.82, 2.24) is 0 Å². The summed E-state index contributed by atoms with van der Waals surface area (Å²) in [7, 11) is 0. The number of benzene rings is 2. The van der Waals surface area contributed by atoms with E-state index in [4.69, 9.17) is 5.21 Å². The second kappa shape index (κ2) is 7.44. The van der Waals surface area contributed by atoms with Crippen LogP contribution in [0.1, 0.15) is 11.1 Å². The van der Waals surface area contributed by atoms with Gasteiger partial charge in [0.05, 0.1) is 17.4 Å². The van der Waals surface area contributed by atoms with Crippen LogP contribution in [0.5, 0.6) is 0 Å². The fraction of sp³-hybridized carbons (Fsp3) is 0. The van der Waals surface area contributed by atoms with E-state index in [1.807, 2.05) is 30.3 Å². The Balaban J connectivity index is 2.18. The molecule has 0 radical (unpaired) electrons. The molecule has 0 bridgehead atoms. The van der Waals surface area contributed by atoms with Crippen molar-refractivity contribution in [3.05, 3.63) is 75.8 Å². The maximum Gasteiger partial charge on any atom is 0.269 e. The van der Waals surface area contributed by atoms with Crippen molar-refractivity contribution in [3.63, 3.8) is 0 Å². The summed E-state index contributed by atoms with van der Waals surface area (Å²) < 4.78 is 0. The van der Waals surface area contributed by atoms with E-state index in [1.54, 1.807) is 12.1 Å². The predicted molar refractivity (Wildman–Crippen MR) is 83.9 cm³/mol. The summed E-state index contributed by atoms with van der Waals surface area (Å²) in [6.07, 6.45) is 2.64. The third-order valence-corrected chi connectivity index (χ3v) is 2.73. The van der Waals surface area contributed by atoms with Gasteiger partial charge < -0.3 is 5.21 Å². The first-order chi connectivity index (χ1) is 10.7. The first kappa shape index (κ1) is 15.0. The molecule has 0 aliphatic carbocycles. The van der Waals surface area contributed by atoms with E-state index < -0.39 is 4.92 Å². The van der Waals surface area contributed by atoms with Gasteiger partial charge in [0.2, 0.25) is 0 Å². The fourth-order valence-electron chi connectivity index (χ4n) is 1.66. The van der Waals surface area contributed by atoms with Crippen LogP contribution in [0.15, 0.2) is 70.0 Å². The Morgan fingerprint density at radius 2 is 1.77 bits per heavy atom.